The summed E-state index contributed by atoms with van der Waals surface area (Å²) in [6.45, 7) is 2.16. The van der Waals surface area contributed by atoms with Crippen molar-refractivity contribution in [2.45, 2.75) is 31.1 Å². The second-order valence-electron chi connectivity index (χ2n) is 3.21. The van der Waals surface area contributed by atoms with Gasteiger partial charge >= 0.3 is 0 Å². The maximum Gasteiger partial charge on any atom is 0.129 e. The van der Waals surface area contributed by atoms with Crippen LogP contribution in [0, 0.1) is 0 Å². The van der Waals surface area contributed by atoms with E-state index in [1.54, 1.807) is 17.8 Å². The van der Waals surface area contributed by atoms with Gasteiger partial charge in [0.1, 0.15) is 11.5 Å². The van der Waals surface area contributed by atoms with E-state index in [1.165, 1.54) is 25.0 Å². The summed E-state index contributed by atoms with van der Waals surface area (Å²) in [5, 5.41) is 18.7. The van der Waals surface area contributed by atoms with Crippen molar-refractivity contribution in [1.82, 2.24) is 0 Å². The van der Waals surface area contributed by atoms with Gasteiger partial charge in [0.25, 0.3) is 0 Å². The van der Waals surface area contributed by atoms with Gasteiger partial charge in [0.15, 0.2) is 0 Å². The topological polar surface area (TPSA) is 40.5 Å². The second-order valence-corrected chi connectivity index (χ2v) is 4.34. The lowest BCUT2D eigenvalue weighted by Crippen LogP contribution is -1.80. The van der Waals surface area contributed by atoms with E-state index in [1.807, 2.05) is 0 Å². The standard InChI is InChI=1S/C11H16O2S/c1-2-3-4-7-14-11-8-9(12)5-6-10(11)13/h5-6,8,12-13H,2-4,7H2,1H3. The van der Waals surface area contributed by atoms with Crippen LogP contribution in [0.3, 0.4) is 0 Å². The number of hydrogen-bond donors (Lipinski definition) is 2. The van der Waals surface area contributed by atoms with E-state index in [2.05, 4.69) is 6.92 Å². The summed E-state index contributed by atoms with van der Waals surface area (Å²) in [4.78, 5) is 0.765. The molecule has 0 atom stereocenters. The molecular weight excluding hydrogens is 196 g/mol. The van der Waals surface area contributed by atoms with Crippen LogP contribution >= 0.6 is 11.8 Å². The number of benzene rings is 1. The highest BCUT2D eigenvalue weighted by Crippen LogP contribution is 2.31. The Morgan fingerprint density at radius 2 is 2.00 bits per heavy atom. The van der Waals surface area contributed by atoms with Gasteiger partial charge in [0.2, 0.25) is 0 Å². The van der Waals surface area contributed by atoms with Gasteiger partial charge in [-0.1, -0.05) is 19.8 Å². The third-order valence-corrected chi connectivity index (χ3v) is 3.08. The Balaban J connectivity index is 2.45. The average molecular weight is 212 g/mol. The lowest BCUT2D eigenvalue weighted by atomic mass is 10.3. The summed E-state index contributed by atoms with van der Waals surface area (Å²) >= 11 is 1.59. The molecule has 0 fully saturated rings. The first kappa shape index (κ1) is 11.2. The van der Waals surface area contributed by atoms with E-state index < -0.39 is 0 Å². The maximum atomic E-state index is 9.46. The Morgan fingerprint density at radius 1 is 1.21 bits per heavy atom. The molecule has 78 valence electrons. The van der Waals surface area contributed by atoms with E-state index in [-0.39, 0.29) is 11.5 Å². The first-order valence-electron chi connectivity index (χ1n) is 4.89. The Hall–Kier alpha value is -0.830. The van der Waals surface area contributed by atoms with E-state index in [9.17, 15) is 10.2 Å². The second kappa shape index (κ2) is 5.81. The fourth-order valence-corrected chi connectivity index (χ4v) is 2.14. The van der Waals surface area contributed by atoms with Crippen LogP contribution in [0.25, 0.3) is 0 Å². The first-order chi connectivity index (χ1) is 6.74. The van der Waals surface area contributed by atoms with Gasteiger partial charge in [-0.2, -0.15) is 0 Å². The predicted molar refractivity (Wildman–Crippen MR) is 60.0 cm³/mol. The summed E-state index contributed by atoms with van der Waals surface area (Å²) in [6.07, 6.45) is 3.56. The third-order valence-electron chi connectivity index (χ3n) is 1.95. The van der Waals surface area contributed by atoms with Gasteiger partial charge in [-0.15, -0.1) is 11.8 Å². The quantitative estimate of drug-likeness (QED) is 0.446. The maximum absolute atomic E-state index is 9.46. The largest absolute Gasteiger partial charge is 0.508 e. The zero-order valence-electron chi connectivity index (χ0n) is 8.36. The van der Waals surface area contributed by atoms with Crippen molar-refractivity contribution in [3.8, 4) is 11.5 Å². The molecule has 14 heavy (non-hydrogen) atoms. The zero-order valence-corrected chi connectivity index (χ0v) is 9.18. The minimum Gasteiger partial charge on any atom is -0.508 e. The highest BCUT2D eigenvalue weighted by molar-refractivity contribution is 7.99. The van der Waals surface area contributed by atoms with Crippen LogP contribution in [0.15, 0.2) is 23.1 Å². The van der Waals surface area contributed by atoms with Gasteiger partial charge in [-0.3, -0.25) is 0 Å². The zero-order chi connectivity index (χ0) is 10.4. The number of phenolic OH excluding ortho intramolecular Hbond substituents is 2. The van der Waals surface area contributed by atoms with E-state index in [0.29, 0.717) is 0 Å². The number of aromatic hydroxyl groups is 2. The number of phenols is 2. The Bertz CT molecular complexity index is 287. The van der Waals surface area contributed by atoms with Crippen molar-refractivity contribution in [3.63, 3.8) is 0 Å². The summed E-state index contributed by atoms with van der Waals surface area (Å²) in [5.74, 6) is 1.45. The minimum absolute atomic E-state index is 0.209. The van der Waals surface area contributed by atoms with Crippen LogP contribution in [0.4, 0.5) is 0 Å². The molecule has 0 radical (unpaired) electrons. The molecule has 1 rings (SSSR count). The van der Waals surface area contributed by atoms with Crippen LogP contribution in [-0.2, 0) is 0 Å². The van der Waals surface area contributed by atoms with Crippen LogP contribution in [0.2, 0.25) is 0 Å². The van der Waals surface area contributed by atoms with Crippen molar-refractivity contribution in [2.24, 2.45) is 0 Å². The smallest absolute Gasteiger partial charge is 0.129 e. The third kappa shape index (κ3) is 3.50. The molecule has 0 spiro atoms. The van der Waals surface area contributed by atoms with Gasteiger partial charge in [-0.05, 0) is 30.4 Å². The summed E-state index contributed by atoms with van der Waals surface area (Å²) < 4.78 is 0. The predicted octanol–water partition coefficient (Wildman–Crippen LogP) is 3.38. The fourth-order valence-electron chi connectivity index (χ4n) is 1.15. The Morgan fingerprint density at radius 3 is 2.71 bits per heavy atom. The molecular formula is C11H16O2S. The molecule has 0 amide bonds. The van der Waals surface area contributed by atoms with E-state index in [0.717, 1.165) is 17.1 Å². The Kier molecular flexibility index (Phi) is 4.66. The van der Waals surface area contributed by atoms with Crippen molar-refractivity contribution < 1.29 is 10.2 Å². The van der Waals surface area contributed by atoms with E-state index >= 15 is 0 Å². The lowest BCUT2D eigenvalue weighted by molar-refractivity contribution is 0.448. The first-order valence-corrected chi connectivity index (χ1v) is 5.87. The lowest BCUT2D eigenvalue weighted by Gasteiger charge is -2.04. The van der Waals surface area contributed by atoms with Crippen LogP contribution in [0.5, 0.6) is 11.5 Å². The summed E-state index contributed by atoms with van der Waals surface area (Å²) in [7, 11) is 0. The van der Waals surface area contributed by atoms with Crippen LogP contribution in [0.1, 0.15) is 26.2 Å². The number of thioether (sulfide) groups is 1. The fraction of sp³-hybridized carbons (Fsp3) is 0.455. The monoisotopic (exact) mass is 212 g/mol. The van der Waals surface area contributed by atoms with Crippen LogP contribution in [-0.4, -0.2) is 16.0 Å². The molecule has 1 aromatic carbocycles. The molecule has 0 aliphatic heterocycles. The molecule has 2 N–H and O–H groups in total. The average Bonchev–Trinajstić information content (AvgIpc) is 2.18. The number of hydrogen-bond acceptors (Lipinski definition) is 3. The molecule has 0 aliphatic rings. The van der Waals surface area contributed by atoms with Gasteiger partial charge in [0.05, 0.1) is 4.90 Å². The van der Waals surface area contributed by atoms with E-state index in [4.69, 9.17) is 0 Å². The molecule has 1 aromatic rings. The highest BCUT2D eigenvalue weighted by atomic mass is 32.2. The summed E-state index contributed by atoms with van der Waals surface area (Å²) in [6, 6.07) is 4.62. The summed E-state index contributed by atoms with van der Waals surface area (Å²) in [5.41, 5.74) is 0. The van der Waals surface area contributed by atoms with Crippen LogP contribution < -0.4 is 0 Å². The molecule has 3 heteroatoms. The number of unbranched alkanes of at least 4 members (excludes halogenated alkanes) is 2. The van der Waals surface area contributed by atoms with Crippen molar-refractivity contribution >= 4 is 11.8 Å². The molecule has 0 saturated heterocycles. The van der Waals surface area contributed by atoms with Crippen molar-refractivity contribution in [3.05, 3.63) is 18.2 Å². The molecule has 0 heterocycles. The normalized spacial score (nSPS) is 10.4. The molecule has 0 aliphatic carbocycles. The molecule has 0 bridgehead atoms. The minimum atomic E-state index is 0.209. The molecule has 0 unspecified atom stereocenters. The molecule has 2 nitrogen and oxygen atoms in total. The van der Waals surface area contributed by atoms with Gasteiger partial charge < -0.3 is 10.2 Å². The molecule has 0 aromatic heterocycles. The van der Waals surface area contributed by atoms with Gasteiger partial charge in [-0.25, -0.2) is 0 Å². The van der Waals surface area contributed by atoms with Crippen molar-refractivity contribution in [2.75, 3.05) is 5.75 Å². The number of rotatable bonds is 5. The van der Waals surface area contributed by atoms with Gasteiger partial charge in [0, 0.05) is 0 Å². The Labute approximate surface area is 89.0 Å². The van der Waals surface area contributed by atoms with Crippen molar-refractivity contribution in [1.29, 1.82) is 0 Å². The highest BCUT2D eigenvalue weighted by Gasteiger charge is 2.02. The molecule has 0 saturated carbocycles. The SMILES string of the molecule is CCCCCSc1cc(O)ccc1O.